The number of carbonyl (C=O) groups is 2. The van der Waals surface area contributed by atoms with Gasteiger partial charge in [-0.3, -0.25) is 0 Å². The van der Waals surface area contributed by atoms with Crippen LogP contribution in [0.4, 0.5) is 4.79 Å². The van der Waals surface area contributed by atoms with E-state index in [1.165, 1.54) is 78.2 Å². The summed E-state index contributed by atoms with van der Waals surface area (Å²) in [6.45, 7) is 17.4. The molecule has 0 bridgehead atoms. The third-order valence-corrected chi connectivity index (χ3v) is 17.1. The molecule has 1 amide bonds. The van der Waals surface area contributed by atoms with Crippen molar-refractivity contribution in [1.82, 2.24) is 5.32 Å². The number of fused-ring (bicyclic) bond motifs is 10. The molecule has 4 saturated carbocycles. The lowest BCUT2D eigenvalue weighted by atomic mass is 9.36. The van der Waals surface area contributed by atoms with Crippen LogP contribution < -0.4 is 5.32 Å². The van der Waals surface area contributed by atoms with Gasteiger partial charge in [0, 0.05) is 11.5 Å². The normalized spacial score (nSPS) is 35.0. The van der Waals surface area contributed by atoms with Crippen molar-refractivity contribution >= 4 is 17.6 Å². The molecule has 294 valence electrons. The molecule has 3 aromatic rings. The number of nitrogens with one attached hydrogen (secondary N) is 1. The first-order valence-electron chi connectivity index (χ1n) is 21.5. The highest BCUT2D eigenvalue weighted by Crippen LogP contribution is 2.73. The molecule has 9 rings (SSSR count). The van der Waals surface area contributed by atoms with Crippen LogP contribution in [0.5, 0.6) is 0 Å². The summed E-state index contributed by atoms with van der Waals surface area (Å²) in [5, 5.41) is 3.63. The van der Waals surface area contributed by atoms with Gasteiger partial charge in [-0.25, -0.2) is 9.59 Å². The molecule has 0 heterocycles. The van der Waals surface area contributed by atoms with E-state index in [1.807, 2.05) is 12.1 Å². The van der Waals surface area contributed by atoms with E-state index in [9.17, 15) is 9.59 Å². The van der Waals surface area contributed by atoms with Crippen LogP contribution in [-0.2, 0) is 9.47 Å². The Morgan fingerprint density at radius 2 is 1.45 bits per heavy atom. The second kappa shape index (κ2) is 13.5. The molecule has 0 saturated heterocycles. The molecule has 0 radical (unpaired) electrons. The molecule has 9 atom stereocenters. The fraction of sp³-hybridized carbons (Fsp3) is 0.529. The molecule has 56 heavy (non-hydrogen) atoms. The van der Waals surface area contributed by atoms with E-state index in [0.717, 1.165) is 25.7 Å². The minimum atomic E-state index is -0.289. The zero-order valence-corrected chi connectivity index (χ0v) is 34.5. The van der Waals surface area contributed by atoms with Crippen molar-refractivity contribution in [1.29, 1.82) is 0 Å². The van der Waals surface area contributed by atoms with Crippen molar-refractivity contribution in [3.05, 3.63) is 113 Å². The van der Waals surface area contributed by atoms with Crippen LogP contribution >= 0.6 is 0 Å². The van der Waals surface area contributed by atoms with Crippen LogP contribution in [0.3, 0.4) is 0 Å². The first-order valence-corrected chi connectivity index (χ1v) is 21.5. The molecular weight excluding hydrogens is 691 g/mol. The van der Waals surface area contributed by atoms with Crippen LogP contribution in [0, 0.1) is 51.8 Å². The largest absolute Gasteiger partial charge is 0.465 e. The van der Waals surface area contributed by atoms with E-state index in [2.05, 4.69) is 113 Å². The molecule has 6 aliphatic carbocycles. The van der Waals surface area contributed by atoms with Crippen molar-refractivity contribution in [2.45, 2.75) is 104 Å². The summed E-state index contributed by atoms with van der Waals surface area (Å²) in [5.41, 5.74) is 9.77. The van der Waals surface area contributed by atoms with Crippen LogP contribution in [0.1, 0.15) is 125 Å². The highest BCUT2D eigenvalue weighted by Gasteiger charge is 2.67. The van der Waals surface area contributed by atoms with E-state index < -0.39 is 0 Å². The predicted molar refractivity (Wildman–Crippen MR) is 224 cm³/mol. The van der Waals surface area contributed by atoms with E-state index >= 15 is 0 Å². The monoisotopic (exact) mass is 751 g/mol. The van der Waals surface area contributed by atoms with E-state index in [0.29, 0.717) is 47.7 Å². The SMILES string of the molecule is C=C(C)[C@@H]1CCC2(NC(=O)OCC3c4ccccc4-c4ccccc43)CCC3C(CCC4C3(C)CCC3C(C)(C)C(c5ccc(C(=O)OC)cc5)=CCC34C)[C@@H]12. The van der Waals surface area contributed by atoms with Crippen molar-refractivity contribution in [3.8, 4) is 11.1 Å². The summed E-state index contributed by atoms with van der Waals surface area (Å²) in [7, 11) is 1.44. The number of esters is 1. The van der Waals surface area contributed by atoms with Crippen LogP contribution in [0.15, 0.2) is 91.0 Å². The number of hydrogen-bond acceptors (Lipinski definition) is 4. The second-order valence-corrected chi connectivity index (χ2v) is 19.8. The standard InChI is InChI=1S/C51H61NO4/c1-31(2)34-22-28-51(52-47(54)56-30-40-37-14-10-8-12-35(37)36-13-9-11-15-38(36)40)29-24-42-39(45(34)51)20-21-44-49(42,5)27-25-43-48(3,4)41(23-26-50(43,44)6)32-16-18-33(19-17-32)46(53)55-7/h8-19,23,34,39-40,42-45H,1,20-22,24-30H2,2-7H3,(H,52,54)/t34-,39?,42?,43?,44?,45+,49?,50?,51?/m0/s1. The Hall–Kier alpha value is -4.12. The summed E-state index contributed by atoms with van der Waals surface area (Å²) in [5.74, 6) is 3.03. The lowest BCUT2D eigenvalue weighted by Gasteiger charge is -2.68. The Bertz CT molecular complexity index is 2050. The Morgan fingerprint density at radius 3 is 2.11 bits per heavy atom. The predicted octanol–water partition coefficient (Wildman–Crippen LogP) is 12.0. The minimum absolute atomic E-state index is 0.0170. The van der Waals surface area contributed by atoms with Gasteiger partial charge in [0.25, 0.3) is 0 Å². The van der Waals surface area contributed by atoms with Crippen LogP contribution in [-0.4, -0.2) is 31.3 Å². The van der Waals surface area contributed by atoms with Gasteiger partial charge in [0.15, 0.2) is 0 Å². The van der Waals surface area contributed by atoms with Gasteiger partial charge in [-0.05, 0) is 162 Å². The molecule has 1 N–H and O–H groups in total. The number of benzene rings is 3. The first kappa shape index (κ1) is 37.5. The molecule has 5 heteroatoms. The summed E-state index contributed by atoms with van der Waals surface area (Å²) in [6, 6.07) is 25.2. The number of allylic oxidation sites excluding steroid dienone is 3. The average Bonchev–Trinajstić information content (AvgIpc) is 3.73. The van der Waals surface area contributed by atoms with E-state index in [-0.39, 0.29) is 39.8 Å². The fourth-order valence-electron chi connectivity index (χ4n) is 14.9. The smallest absolute Gasteiger partial charge is 0.407 e. The summed E-state index contributed by atoms with van der Waals surface area (Å²) < 4.78 is 11.2. The van der Waals surface area contributed by atoms with Gasteiger partial charge in [-0.1, -0.05) is 107 Å². The van der Waals surface area contributed by atoms with Crippen molar-refractivity contribution < 1.29 is 19.1 Å². The third-order valence-electron chi connectivity index (χ3n) is 17.1. The van der Waals surface area contributed by atoms with Gasteiger partial charge in [-0.2, -0.15) is 0 Å². The minimum Gasteiger partial charge on any atom is -0.465 e. The van der Waals surface area contributed by atoms with Crippen molar-refractivity contribution in [3.63, 3.8) is 0 Å². The molecule has 4 fully saturated rings. The van der Waals surface area contributed by atoms with Gasteiger partial charge < -0.3 is 14.8 Å². The second-order valence-electron chi connectivity index (χ2n) is 19.8. The summed E-state index contributed by atoms with van der Waals surface area (Å²) in [6.07, 6.45) is 12.6. The van der Waals surface area contributed by atoms with Crippen molar-refractivity contribution in [2.24, 2.45) is 51.8 Å². The van der Waals surface area contributed by atoms with Crippen molar-refractivity contribution in [2.75, 3.05) is 13.7 Å². The maximum Gasteiger partial charge on any atom is 0.407 e. The summed E-state index contributed by atoms with van der Waals surface area (Å²) >= 11 is 0. The quantitative estimate of drug-likeness (QED) is 0.201. The summed E-state index contributed by atoms with van der Waals surface area (Å²) in [4.78, 5) is 26.2. The number of alkyl carbamates (subject to hydrolysis) is 1. The molecule has 0 aromatic heterocycles. The number of rotatable bonds is 6. The maximum absolute atomic E-state index is 14.0. The molecule has 7 unspecified atom stereocenters. The third kappa shape index (κ3) is 5.52. The maximum atomic E-state index is 14.0. The molecule has 3 aromatic carbocycles. The number of amides is 1. The van der Waals surface area contributed by atoms with E-state index in [4.69, 9.17) is 9.47 Å². The Labute approximate surface area is 334 Å². The van der Waals surface area contributed by atoms with Crippen LogP contribution in [0.25, 0.3) is 16.7 Å². The van der Waals surface area contributed by atoms with Gasteiger partial charge in [-0.15, -0.1) is 0 Å². The fourth-order valence-corrected chi connectivity index (χ4v) is 14.9. The number of ether oxygens (including phenoxy) is 2. The van der Waals surface area contributed by atoms with E-state index in [1.54, 1.807) is 0 Å². The van der Waals surface area contributed by atoms with Gasteiger partial charge in [0.05, 0.1) is 12.7 Å². The molecule has 6 aliphatic rings. The van der Waals surface area contributed by atoms with Gasteiger partial charge in [0.1, 0.15) is 6.61 Å². The number of hydrogen-bond donors (Lipinski definition) is 1. The van der Waals surface area contributed by atoms with Crippen LogP contribution in [0.2, 0.25) is 0 Å². The lowest BCUT2D eigenvalue weighted by molar-refractivity contribution is -0.174. The Morgan fingerprint density at radius 1 is 0.786 bits per heavy atom. The number of methoxy groups -OCH3 is 1. The van der Waals surface area contributed by atoms with Gasteiger partial charge >= 0.3 is 12.1 Å². The molecule has 0 aliphatic heterocycles. The highest BCUT2D eigenvalue weighted by atomic mass is 16.5. The topological polar surface area (TPSA) is 64.6 Å². The first-order chi connectivity index (χ1) is 26.8. The lowest BCUT2D eigenvalue weighted by Crippen LogP contribution is -2.64. The Kier molecular flexibility index (Phi) is 9.02. The molecule has 0 spiro atoms. The number of carbonyl (C=O) groups excluding carboxylic acids is 2. The Balaban J connectivity index is 0.950. The highest BCUT2D eigenvalue weighted by molar-refractivity contribution is 5.90. The van der Waals surface area contributed by atoms with Gasteiger partial charge in [0.2, 0.25) is 0 Å². The molecular formula is C51H61NO4. The average molecular weight is 752 g/mol. The zero-order chi connectivity index (χ0) is 39.2. The zero-order valence-electron chi connectivity index (χ0n) is 34.5. The molecule has 5 nitrogen and oxygen atoms in total.